The van der Waals surface area contributed by atoms with Gasteiger partial charge < -0.3 is 14.8 Å². The predicted octanol–water partition coefficient (Wildman–Crippen LogP) is 4.08. The number of benzene rings is 2. The summed E-state index contributed by atoms with van der Waals surface area (Å²) in [6.45, 7) is 0. The van der Waals surface area contributed by atoms with Crippen LogP contribution in [0.15, 0.2) is 70.8 Å². The van der Waals surface area contributed by atoms with Gasteiger partial charge >= 0.3 is 5.97 Å². The van der Waals surface area contributed by atoms with E-state index in [9.17, 15) is 23.5 Å². The van der Waals surface area contributed by atoms with Crippen LogP contribution in [0.2, 0.25) is 0 Å². The number of carbonyl (C=O) groups is 2. The largest absolute Gasteiger partial charge is 0.477 e. The fourth-order valence-corrected chi connectivity index (χ4v) is 2.34. The summed E-state index contributed by atoms with van der Waals surface area (Å²) in [6, 6.07) is 14.7. The van der Waals surface area contributed by atoms with Gasteiger partial charge in [0.25, 0.3) is 5.91 Å². The maximum absolute atomic E-state index is 13.7. The van der Waals surface area contributed by atoms with Crippen molar-refractivity contribution in [2.24, 2.45) is 0 Å². The lowest BCUT2D eigenvalue weighted by Gasteiger charge is -2.06. The Morgan fingerprint density at radius 2 is 1.74 bits per heavy atom. The van der Waals surface area contributed by atoms with E-state index < -0.39 is 34.8 Å². The minimum absolute atomic E-state index is 0.186. The molecule has 136 valence electrons. The SMILES string of the molecule is O=C(O)C(=Cc1ccc(-c2ccccc2)o1)NC(=O)c1ccc(F)cc1F. The smallest absolute Gasteiger partial charge is 0.352 e. The zero-order valence-electron chi connectivity index (χ0n) is 13.8. The number of carbonyl (C=O) groups excluding carboxylic acids is 1. The number of carboxylic acid groups (broad SMARTS) is 1. The van der Waals surface area contributed by atoms with Gasteiger partial charge in [-0.3, -0.25) is 4.79 Å². The Bertz CT molecular complexity index is 1030. The topological polar surface area (TPSA) is 79.5 Å². The number of carboxylic acids is 1. The van der Waals surface area contributed by atoms with Gasteiger partial charge in [-0.25, -0.2) is 13.6 Å². The number of hydrogen-bond donors (Lipinski definition) is 2. The lowest BCUT2D eigenvalue weighted by Crippen LogP contribution is -2.28. The average Bonchev–Trinajstić information content (AvgIpc) is 3.10. The van der Waals surface area contributed by atoms with Crippen LogP contribution in [0, 0.1) is 11.6 Å². The molecule has 0 saturated heterocycles. The zero-order chi connectivity index (χ0) is 19.4. The van der Waals surface area contributed by atoms with Crippen LogP contribution in [-0.4, -0.2) is 17.0 Å². The van der Waals surface area contributed by atoms with Crippen molar-refractivity contribution >= 4 is 18.0 Å². The Morgan fingerprint density at radius 3 is 2.41 bits per heavy atom. The van der Waals surface area contributed by atoms with E-state index in [1.807, 2.05) is 30.3 Å². The Balaban J connectivity index is 1.84. The molecule has 3 aromatic rings. The molecule has 0 atom stereocenters. The highest BCUT2D eigenvalue weighted by molar-refractivity contribution is 6.02. The molecule has 0 radical (unpaired) electrons. The van der Waals surface area contributed by atoms with Gasteiger partial charge in [0.2, 0.25) is 0 Å². The molecule has 1 amide bonds. The van der Waals surface area contributed by atoms with Crippen molar-refractivity contribution < 1.29 is 27.9 Å². The Labute approximate surface area is 152 Å². The van der Waals surface area contributed by atoms with E-state index in [-0.39, 0.29) is 5.76 Å². The molecule has 2 N–H and O–H groups in total. The van der Waals surface area contributed by atoms with E-state index in [1.165, 1.54) is 6.07 Å². The summed E-state index contributed by atoms with van der Waals surface area (Å²) in [4.78, 5) is 23.5. The third-order valence-corrected chi connectivity index (χ3v) is 3.63. The molecule has 0 bridgehead atoms. The number of amides is 1. The standard InChI is InChI=1S/C20H13F2NO4/c21-13-6-8-15(16(22)10-13)19(24)23-17(20(25)26)11-14-7-9-18(27-14)12-4-2-1-3-5-12/h1-11H,(H,23,24)(H,25,26). The van der Waals surface area contributed by atoms with Crippen LogP contribution in [0.5, 0.6) is 0 Å². The number of hydrogen-bond acceptors (Lipinski definition) is 3. The first-order valence-corrected chi connectivity index (χ1v) is 7.80. The van der Waals surface area contributed by atoms with Crippen molar-refractivity contribution in [3.8, 4) is 11.3 Å². The van der Waals surface area contributed by atoms with Crippen LogP contribution < -0.4 is 5.32 Å². The summed E-state index contributed by atoms with van der Waals surface area (Å²) in [7, 11) is 0. The molecule has 7 heteroatoms. The lowest BCUT2D eigenvalue weighted by atomic mass is 10.2. The summed E-state index contributed by atoms with van der Waals surface area (Å²) < 4.78 is 32.2. The number of halogens is 2. The Kier molecular flexibility index (Phi) is 5.12. The molecular weight excluding hydrogens is 356 g/mol. The van der Waals surface area contributed by atoms with Gasteiger partial charge in [-0.15, -0.1) is 0 Å². The molecule has 1 aromatic heterocycles. The molecule has 0 saturated carbocycles. The molecule has 3 rings (SSSR count). The molecular formula is C20H13F2NO4. The monoisotopic (exact) mass is 369 g/mol. The lowest BCUT2D eigenvalue weighted by molar-refractivity contribution is -0.132. The van der Waals surface area contributed by atoms with Crippen molar-refractivity contribution in [2.75, 3.05) is 0 Å². The molecule has 0 spiro atoms. The fraction of sp³-hybridized carbons (Fsp3) is 0. The van der Waals surface area contributed by atoms with Crippen molar-refractivity contribution in [2.45, 2.75) is 0 Å². The van der Waals surface area contributed by atoms with E-state index in [0.29, 0.717) is 11.8 Å². The molecule has 0 fully saturated rings. The van der Waals surface area contributed by atoms with Crippen molar-refractivity contribution in [1.82, 2.24) is 5.32 Å². The highest BCUT2D eigenvalue weighted by atomic mass is 19.1. The van der Waals surface area contributed by atoms with E-state index in [2.05, 4.69) is 5.32 Å². The second kappa shape index (κ2) is 7.65. The van der Waals surface area contributed by atoms with Gasteiger partial charge in [0, 0.05) is 17.7 Å². The van der Waals surface area contributed by atoms with Crippen molar-refractivity contribution in [3.63, 3.8) is 0 Å². The second-order valence-electron chi connectivity index (χ2n) is 5.51. The first-order chi connectivity index (χ1) is 12.9. The molecule has 0 aliphatic rings. The fourth-order valence-electron chi connectivity index (χ4n) is 2.34. The molecule has 27 heavy (non-hydrogen) atoms. The van der Waals surface area contributed by atoms with E-state index in [1.54, 1.807) is 6.07 Å². The quantitative estimate of drug-likeness (QED) is 0.664. The van der Waals surface area contributed by atoms with Crippen LogP contribution in [0.4, 0.5) is 8.78 Å². The normalized spacial score (nSPS) is 11.3. The van der Waals surface area contributed by atoms with Crippen LogP contribution >= 0.6 is 0 Å². The zero-order valence-corrected chi connectivity index (χ0v) is 13.8. The van der Waals surface area contributed by atoms with Gasteiger partial charge in [0.1, 0.15) is 28.9 Å². The minimum Gasteiger partial charge on any atom is -0.477 e. The summed E-state index contributed by atoms with van der Waals surface area (Å²) in [5.74, 6) is -3.70. The number of rotatable bonds is 5. The summed E-state index contributed by atoms with van der Waals surface area (Å²) in [5, 5.41) is 11.4. The maximum atomic E-state index is 13.7. The summed E-state index contributed by atoms with van der Waals surface area (Å²) in [5.41, 5.74) is -0.197. The number of aliphatic carboxylic acids is 1. The van der Waals surface area contributed by atoms with Gasteiger partial charge in [-0.1, -0.05) is 30.3 Å². The van der Waals surface area contributed by atoms with Crippen molar-refractivity contribution in [3.05, 3.63) is 89.3 Å². The van der Waals surface area contributed by atoms with E-state index >= 15 is 0 Å². The third kappa shape index (κ3) is 4.27. The van der Waals surface area contributed by atoms with Crippen LogP contribution in [-0.2, 0) is 4.79 Å². The molecule has 2 aromatic carbocycles. The second-order valence-corrected chi connectivity index (χ2v) is 5.51. The summed E-state index contributed by atoms with van der Waals surface area (Å²) >= 11 is 0. The highest BCUT2D eigenvalue weighted by Crippen LogP contribution is 2.23. The van der Waals surface area contributed by atoms with Gasteiger partial charge in [0.15, 0.2) is 0 Å². The summed E-state index contributed by atoms with van der Waals surface area (Å²) in [6.07, 6.45) is 1.11. The first kappa shape index (κ1) is 18.1. The predicted molar refractivity (Wildman–Crippen MR) is 93.6 cm³/mol. The molecule has 5 nitrogen and oxygen atoms in total. The van der Waals surface area contributed by atoms with Crippen LogP contribution in [0.25, 0.3) is 17.4 Å². The van der Waals surface area contributed by atoms with E-state index in [4.69, 9.17) is 4.42 Å². The number of furan rings is 1. The van der Waals surface area contributed by atoms with Crippen molar-refractivity contribution in [1.29, 1.82) is 0 Å². The minimum atomic E-state index is -1.44. The molecule has 0 aliphatic carbocycles. The van der Waals surface area contributed by atoms with Gasteiger partial charge in [-0.05, 0) is 24.3 Å². The maximum Gasteiger partial charge on any atom is 0.352 e. The van der Waals surface area contributed by atoms with Gasteiger partial charge in [-0.2, -0.15) is 0 Å². The molecule has 0 unspecified atom stereocenters. The van der Waals surface area contributed by atoms with E-state index in [0.717, 1.165) is 23.8 Å². The Morgan fingerprint density at radius 1 is 1.00 bits per heavy atom. The first-order valence-electron chi connectivity index (χ1n) is 7.80. The third-order valence-electron chi connectivity index (χ3n) is 3.63. The highest BCUT2D eigenvalue weighted by Gasteiger charge is 2.17. The van der Waals surface area contributed by atoms with Crippen LogP contribution in [0.3, 0.4) is 0 Å². The Hall–Kier alpha value is -3.74. The van der Waals surface area contributed by atoms with Crippen LogP contribution in [0.1, 0.15) is 16.1 Å². The number of nitrogens with one attached hydrogen (secondary N) is 1. The van der Waals surface area contributed by atoms with Gasteiger partial charge in [0.05, 0.1) is 5.56 Å². The molecule has 1 heterocycles. The average molecular weight is 369 g/mol. The molecule has 0 aliphatic heterocycles.